The van der Waals surface area contributed by atoms with E-state index < -0.39 is 0 Å². The monoisotopic (exact) mass is 326 g/mol. The molecule has 128 valence electrons. The third kappa shape index (κ3) is 3.22. The van der Waals surface area contributed by atoms with Crippen LogP contribution in [0.1, 0.15) is 50.2 Å². The van der Waals surface area contributed by atoms with E-state index in [4.69, 9.17) is 0 Å². The highest BCUT2D eigenvalue weighted by molar-refractivity contribution is 5.84. The number of carbonyl (C=O) groups excluding carboxylic acids is 1. The van der Waals surface area contributed by atoms with Gasteiger partial charge < -0.3 is 9.88 Å². The van der Waals surface area contributed by atoms with Crippen LogP contribution >= 0.6 is 0 Å². The van der Waals surface area contributed by atoms with Crippen LogP contribution in [0.25, 0.3) is 0 Å². The van der Waals surface area contributed by atoms with E-state index in [9.17, 15) is 4.79 Å². The quantitative estimate of drug-likeness (QED) is 0.887. The first-order valence-corrected chi connectivity index (χ1v) is 8.85. The van der Waals surface area contributed by atoms with Gasteiger partial charge in [-0.15, -0.1) is 0 Å². The number of H-pyrrole nitrogens is 1. The van der Waals surface area contributed by atoms with Gasteiger partial charge in [0.25, 0.3) is 0 Å². The molecule has 0 aliphatic carbocycles. The maximum atomic E-state index is 13.5. The van der Waals surface area contributed by atoms with E-state index in [0.29, 0.717) is 0 Å². The first-order chi connectivity index (χ1) is 11.8. The Morgan fingerprint density at radius 1 is 1.33 bits per heavy atom. The molecule has 2 atom stereocenters. The van der Waals surface area contributed by atoms with Gasteiger partial charge in [0.05, 0.1) is 6.04 Å². The standard InChI is InChI=1S/C19H26N4O/c1-3-22(4-2)17(15-9-6-5-7-10-15)19(24)23-14-8-11-16(23)18-20-12-13-21-18/h5-7,9-10,12-13,16-17H,3-4,8,11,14H2,1-2H3,(H,20,21)/t16-,17+/m0/s1. The summed E-state index contributed by atoms with van der Waals surface area (Å²) >= 11 is 0. The molecule has 1 N–H and O–H groups in total. The first kappa shape index (κ1) is 16.7. The van der Waals surface area contributed by atoms with E-state index in [2.05, 4.69) is 40.8 Å². The highest BCUT2D eigenvalue weighted by Gasteiger charge is 2.37. The average Bonchev–Trinajstić information content (AvgIpc) is 3.30. The maximum absolute atomic E-state index is 13.5. The number of likely N-dealkylation sites (N-methyl/N-ethyl adjacent to an activating group) is 1. The third-order valence-corrected chi connectivity index (χ3v) is 4.90. The van der Waals surface area contributed by atoms with Crippen LogP contribution in [0.15, 0.2) is 42.7 Å². The van der Waals surface area contributed by atoms with Crippen molar-refractivity contribution in [1.82, 2.24) is 19.8 Å². The van der Waals surface area contributed by atoms with Gasteiger partial charge in [0.2, 0.25) is 5.91 Å². The van der Waals surface area contributed by atoms with Crippen LogP contribution in [0, 0.1) is 0 Å². The molecule has 0 saturated carbocycles. The van der Waals surface area contributed by atoms with E-state index in [0.717, 1.165) is 43.9 Å². The fraction of sp³-hybridized carbons (Fsp3) is 0.474. The summed E-state index contributed by atoms with van der Waals surface area (Å²) in [4.78, 5) is 25.3. The summed E-state index contributed by atoms with van der Waals surface area (Å²) in [5, 5.41) is 0. The molecule has 5 heteroatoms. The molecule has 0 bridgehead atoms. The molecule has 0 radical (unpaired) electrons. The lowest BCUT2D eigenvalue weighted by molar-refractivity contribution is -0.138. The number of nitrogens with zero attached hydrogens (tertiary/aromatic N) is 3. The van der Waals surface area contributed by atoms with Gasteiger partial charge in [0.15, 0.2) is 0 Å². The van der Waals surface area contributed by atoms with Crippen LogP contribution in [0.3, 0.4) is 0 Å². The van der Waals surface area contributed by atoms with Crippen LogP contribution < -0.4 is 0 Å². The van der Waals surface area contributed by atoms with Crippen molar-refractivity contribution in [2.45, 2.75) is 38.8 Å². The molecule has 0 unspecified atom stereocenters. The summed E-state index contributed by atoms with van der Waals surface area (Å²) in [6.45, 7) is 6.72. The largest absolute Gasteiger partial charge is 0.347 e. The lowest BCUT2D eigenvalue weighted by Gasteiger charge is -2.34. The fourth-order valence-electron chi connectivity index (χ4n) is 3.67. The van der Waals surface area contributed by atoms with Crippen molar-refractivity contribution in [2.24, 2.45) is 0 Å². The van der Waals surface area contributed by atoms with Crippen LogP contribution in [0.2, 0.25) is 0 Å². The second-order valence-corrected chi connectivity index (χ2v) is 6.20. The Kier molecular flexibility index (Phi) is 5.30. The maximum Gasteiger partial charge on any atom is 0.245 e. The molecule has 5 nitrogen and oxygen atoms in total. The van der Waals surface area contributed by atoms with Gasteiger partial charge in [-0.3, -0.25) is 9.69 Å². The molecule has 24 heavy (non-hydrogen) atoms. The van der Waals surface area contributed by atoms with Crippen molar-refractivity contribution < 1.29 is 4.79 Å². The van der Waals surface area contributed by atoms with Crippen molar-refractivity contribution in [3.05, 3.63) is 54.1 Å². The molecule has 3 rings (SSSR count). The SMILES string of the molecule is CCN(CC)[C@@H](C(=O)N1CCC[C@H]1c1ncc[nH]1)c1ccccc1. The van der Waals surface area contributed by atoms with E-state index in [-0.39, 0.29) is 18.0 Å². The minimum absolute atomic E-state index is 0.0641. The lowest BCUT2D eigenvalue weighted by Crippen LogP contribution is -2.43. The predicted octanol–water partition coefficient (Wildman–Crippen LogP) is 3.16. The molecular weight excluding hydrogens is 300 g/mol. The second kappa shape index (κ2) is 7.62. The molecular formula is C19H26N4O. The van der Waals surface area contributed by atoms with Crippen molar-refractivity contribution in [3.63, 3.8) is 0 Å². The normalized spacial score (nSPS) is 19.0. The zero-order valence-corrected chi connectivity index (χ0v) is 14.5. The smallest absolute Gasteiger partial charge is 0.245 e. The Labute approximate surface area is 143 Å². The van der Waals surface area contributed by atoms with E-state index >= 15 is 0 Å². The van der Waals surface area contributed by atoms with E-state index in [1.165, 1.54) is 0 Å². The number of imidazole rings is 1. The zero-order valence-electron chi connectivity index (χ0n) is 14.5. The molecule has 1 amide bonds. The summed E-state index contributed by atoms with van der Waals surface area (Å²) in [6, 6.07) is 9.96. The number of hydrogen-bond donors (Lipinski definition) is 1. The molecule has 1 saturated heterocycles. The van der Waals surface area contributed by atoms with Crippen molar-refractivity contribution in [3.8, 4) is 0 Å². The Hall–Kier alpha value is -2.14. The van der Waals surface area contributed by atoms with Gasteiger partial charge >= 0.3 is 0 Å². The second-order valence-electron chi connectivity index (χ2n) is 6.20. The summed E-state index contributed by atoms with van der Waals surface area (Å²) in [7, 11) is 0. The molecule has 1 aromatic carbocycles. The van der Waals surface area contributed by atoms with Crippen molar-refractivity contribution in [1.29, 1.82) is 0 Å². The summed E-state index contributed by atoms with van der Waals surface area (Å²) in [6.07, 6.45) is 5.58. The van der Waals surface area contributed by atoms with E-state index in [1.807, 2.05) is 29.3 Å². The van der Waals surface area contributed by atoms with Gasteiger partial charge in [-0.05, 0) is 31.5 Å². The van der Waals surface area contributed by atoms with Gasteiger partial charge in [-0.2, -0.15) is 0 Å². The molecule has 1 aliphatic heterocycles. The number of hydrogen-bond acceptors (Lipinski definition) is 3. The number of likely N-dealkylation sites (tertiary alicyclic amines) is 1. The minimum atomic E-state index is -0.225. The van der Waals surface area contributed by atoms with E-state index in [1.54, 1.807) is 6.20 Å². The number of benzene rings is 1. The van der Waals surface area contributed by atoms with Crippen LogP contribution in [0.4, 0.5) is 0 Å². The van der Waals surface area contributed by atoms with Crippen LogP contribution in [0.5, 0.6) is 0 Å². The number of amides is 1. The van der Waals surface area contributed by atoms with Gasteiger partial charge in [0, 0.05) is 18.9 Å². The third-order valence-electron chi connectivity index (χ3n) is 4.90. The molecule has 2 heterocycles. The van der Waals surface area contributed by atoms with Gasteiger partial charge in [0.1, 0.15) is 11.9 Å². The fourth-order valence-corrected chi connectivity index (χ4v) is 3.67. The van der Waals surface area contributed by atoms with Crippen LogP contribution in [-0.4, -0.2) is 45.3 Å². The molecule has 1 aliphatic rings. The topological polar surface area (TPSA) is 52.2 Å². The average molecular weight is 326 g/mol. The summed E-state index contributed by atoms with van der Waals surface area (Å²) in [5.41, 5.74) is 1.07. The molecule has 2 aromatic rings. The minimum Gasteiger partial charge on any atom is -0.347 e. The Balaban J connectivity index is 1.91. The number of carbonyl (C=O) groups is 1. The van der Waals surface area contributed by atoms with Gasteiger partial charge in [-0.25, -0.2) is 4.98 Å². The zero-order chi connectivity index (χ0) is 16.9. The first-order valence-electron chi connectivity index (χ1n) is 8.85. The number of rotatable bonds is 6. The van der Waals surface area contributed by atoms with Crippen molar-refractivity contribution in [2.75, 3.05) is 19.6 Å². The predicted molar refractivity (Wildman–Crippen MR) is 94.4 cm³/mol. The summed E-state index contributed by atoms with van der Waals surface area (Å²) in [5.74, 6) is 1.08. The highest BCUT2D eigenvalue weighted by atomic mass is 16.2. The van der Waals surface area contributed by atoms with Crippen LogP contribution in [-0.2, 0) is 4.79 Å². The Bertz CT molecular complexity index is 637. The Morgan fingerprint density at radius 2 is 2.08 bits per heavy atom. The summed E-state index contributed by atoms with van der Waals surface area (Å²) < 4.78 is 0. The van der Waals surface area contributed by atoms with Gasteiger partial charge in [-0.1, -0.05) is 44.2 Å². The number of aromatic amines is 1. The molecule has 1 aromatic heterocycles. The highest BCUT2D eigenvalue weighted by Crippen LogP contribution is 2.34. The van der Waals surface area contributed by atoms with Crippen molar-refractivity contribution >= 4 is 5.91 Å². The Morgan fingerprint density at radius 3 is 2.71 bits per heavy atom. The number of aromatic nitrogens is 2. The molecule has 0 spiro atoms. The number of nitrogens with one attached hydrogen (secondary N) is 1. The molecule has 1 fully saturated rings. The lowest BCUT2D eigenvalue weighted by atomic mass is 10.0.